The minimum atomic E-state index is -0.370. The number of amides is 1. The van der Waals surface area contributed by atoms with Crippen molar-refractivity contribution in [1.29, 1.82) is 0 Å². The van der Waals surface area contributed by atoms with Crippen LogP contribution in [0.5, 0.6) is 0 Å². The van der Waals surface area contributed by atoms with Crippen LogP contribution in [-0.2, 0) is 14.3 Å². The number of hydrogen-bond acceptors (Lipinski definition) is 4. The molecule has 0 bridgehead atoms. The van der Waals surface area contributed by atoms with Gasteiger partial charge in [0.15, 0.2) is 5.78 Å². The smallest absolute Gasteiger partial charge is 0.294 e. The van der Waals surface area contributed by atoms with Crippen LogP contribution >= 0.6 is 0 Å². The van der Waals surface area contributed by atoms with Gasteiger partial charge in [-0.1, -0.05) is 0 Å². The number of benzene rings is 1. The Morgan fingerprint density at radius 2 is 1.89 bits per heavy atom. The van der Waals surface area contributed by atoms with Crippen molar-refractivity contribution in [3.63, 3.8) is 0 Å². The zero-order valence-corrected chi connectivity index (χ0v) is 9.93. The highest BCUT2D eigenvalue weighted by Gasteiger charge is 2.15. The van der Waals surface area contributed by atoms with Crippen LogP contribution in [0.25, 0.3) is 0 Å². The monoisotopic (exact) mass is 247 g/mol. The first-order valence-corrected chi connectivity index (χ1v) is 5.54. The summed E-state index contributed by atoms with van der Waals surface area (Å²) < 4.78 is 10.1. The SMILES string of the molecule is CC(=O)c1ccc(NC(=O)C2=COCCO2)cc1. The number of anilines is 1. The van der Waals surface area contributed by atoms with Crippen LogP contribution in [-0.4, -0.2) is 24.9 Å². The first-order valence-electron chi connectivity index (χ1n) is 5.54. The molecular formula is C13H13NO4. The number of carbonyl (C=O) groups excluding carboxylic acids is 2. The summed E-state index contributed by atoms with van der Waals surface area (Å²) in [5.74, 6) is -0.234. The van der Waals surface area contributed by atoms with E-state index in [1.807, 2.05) is 0 Å². The minimum absolute atomic E-state index is 0.0143. The molecule has 0 saturated heterocycles. The van der Waals surface area contributed by atoms with Crippen LogP contribution in [0.3, 0.4) is 0 Å². The maximum Gasteiger partial charge on any atom is 0.294 e. The fourth-order valence-electron chi connectivity index (χ4n) is 1.47. The van der Waals surface area contributed by atoms with Gasteiger partial charge in [-0.25, -0.2) is 0 Å². The summed E-state index contributed by atoms with van der Waals surface area (Å²) in [4.78, 5) is 22.8. The first kappa shape index (κ1) is 12.2. The predicted molar refractivity (Wildman–Crippen MR) is 65.1 cm³/mol. The molecule has 1 aromatic carbocycles. The lowest BCUT2D eigenvalue weighted by atomic mass is 10.1. The summed E-state index contributed by atoms with van der Waals surface area (Å²) in [5.41, 5.74) is 1.20. The summed E-state index contributed by atoms with van der Waals surface area (Å²) in [6, 6.07) is 6.65. The summed E-state index contributed by atoms with van der Waals surface area (Å²) in [5, 5.41) is 2.65. The molecule has 94 valence electrons. The van der Waals surface area contributed by atoms with E-state index in [4.69, 9.17) is 9.47 Å². The number of nitrogens with one attached hydrogen (secondary N) is 1. The van der Waals surface area contributed by atoms with Gasteiger partial charge in [0, 0.05) is 11.3 Å². The van der Waals surface area contributed by atoms with Gasteiger partial charge >= 0.3 is 0 Å². The van der Waals surface area contributed by atoms with E-state index in [1.165, 1.54) is 13.2 Å². The van der Waals surface area contributed by atoms with Gasteiger partial charge in [0.1, 0.15) is 19.5 Å². The highest BCUT2D eigenvalue weighted by Crippen LogP contribution is 2.12. The van der Waals surface area contributed by atoms with Crippen molar-refractivity contribution >= 4 is 17.4 Å². The molecule has 1 aliphatic rings. The van der Waals surface area contributed by atoms with Crippen LogP contribution in [0.4, 0.5) is 5.69 Å². The molecule has 0 aliphatic carbocycles. The molecule has 1 aliphatic heterocycles. The second-order valence-corrected chi connectivity index (χ2v) is 3.79. The van der Waals surface area contributed by atoms with E-state index in [9.17, 15) is 9.59 Å². The van der Waals surface area contributed by atoms with Crippen molar-refractivity contribution in [2.45, 2.75) is 6.92 Å². The van der Waals surface area contributed by atoms with E-state index in [0.29, 0.717) is 24.5 Å². The van der Waals surface area contributed by atoms with Gasteiger partial charge in [-0.3, -0.25) is 9.59 Å². The summed E-state index contributed by atoms with van der Waals surface area (Å²) >= 11 is 0. The quantitative estimate of drug-likeness (QED) is 0.826. The third kappa shape index (κ3) is 2.88. The Hall–Kier alpha value is -2.30. The maximum absolute atomic E-state index is 11.7. The Morgan fingerprint density at radius 3 is 2.44 bits per heavy atom. The van der Waals surface area contributed by atoms with Gasteiger partial charge < -0.3 is 14.8 Å². The molecule has 0 atom stereocenters. The molecule has 0 aromatic heterocycles. The highest BCUT2D eigenvalue weighted by atomic mass is 16.6. The van der Waals surface area contributed by atoms with Gasteiger partial charge in [-0.05, 0) is 31.2 Å². The molecule has 1 aromatic rings. The van der Waals surface area contributed by atoms with Crippen LogP contribution in [0.1, 0.15) is 17.3 Å². The molecule has 0 saturated carbocycles. The number of ether oxygens (including phenoxy) is 2. The molecule has 1 N–H and O–H groups in total. The summed E-state index contributed by atoms with van der Waals surface area (Å²) in [6.07, 6.45) is 1.29. The number of ketones is 1. The third-order valence-corrected chi connectivity index (χ3v) is 2.42. The number of hydrogen-bond donors (Lipinski definition) is 1. The molecule has 0 unspecified atom stereocenters. The van der Waals surface area contributed by atoms with Crippen LogP contribution in [0, 0.1) is 0 Å². The summed E-state index contributed by atoms with van der Waals surface area (Å²) in [7, 11) is 0. The Balaban J connectivity index is 2.02. The maximum atomic E-state index is 11.7. The second-order valence-electron chi connectivity index (χ2n) is 3.79. The van der Waals surface area contributed by atoms with Crippen molar-refractivity contribution in [2.24, 2.45) is 0 Å². The lowest BCUT2D eigenvalue weighted by Crippen LogP contribution is -2.21. The first-order chi connectivity index (χ1) is 8.66. The number of carbonyl (C=O) groups is 2. The van der Waals surface area contributed by atoms with Crippen molar-refractivity contribution in [1.82, 2.24) is 0 Å². The standard InChI is InChI=1S/C13H13NO4/c1-9(15)10-2-4-11(5-3-10)14-13(16)12-8-17-6-7-18-12/h2-5,8H,6-7H2,1H3,(H,14,16). The van der Waals surface area contributed by atoms with Crippen LogP contribution in [0.2, 0.25) is 0 Å². The van der Waals surface area contributed by atoms with Crippen LogP contribution in [0.15, 0.2) is 36.3 Å². The molecule has 5 heteroatoms. The van der Waals surface area contributed by atoms with Gasteiger partial charge in [0.2, 0.25) is 5.76 Å². The highest BCUT2D eigenvalue weighted by molar-refractivity contribution is 6.02. The van der Waals surface area contributed by atoms with Crippen molar-refractivity contribution < 1.29 is 19.1 Å². The minimum Gasteiger partial charge on any atom is -0.494 e. The molecule has 5 nitrogen and oxygen atoms in total. The van der Waals surface area contributed by atoms with E-state index < -0.39 is 0 Å². The van der Waals surface area contributed by atoms with E-state index in [0.717, 1.165) is 0 Å². The zero-order valence-electron chi connectivity index (χ0n) is 9.93. The van der Waals surface area contributed by atoms with Crippen molar-refractivity contribution in [3.8, 4) is 0 Å². The van der Waals surface area contributed by atoms with Crippen LogP contribution < -0.4 is 5.32 Å². The van der Waals surface area contributed by atoms with Crippen molar-refractivity contribution in [2.75, 3.05) is 18.5 Å². The van der Waals surface area contributed by atoms with E-state index in [2.05, 4.69) is 5.32 Å². The Labute approximate surface area is 104 Å². The van der Waals surface area contributed by atoms with Gasteiger partial charge in [-0.15, -0.1) is 0 Å². The number of rotatable bonds is 3. The topological polar surface area (TPSA) is 64.6 Å². The predicted octanol–water partition coefficient (Wildman–Crippen LogP) is 1.72. The molecule has 1 heterocycles. The molecule has 0 radical (unpaired) electrons. The largest absolute Gasteiger partial charge is 0.494 e. The van der Waals surface area contributed by atoms with Crippen molar-refractivity contribution in [3.05, 3.63) is 41.9 Å². The lowest BCUT2D eigenvalue weighted by Gasteiger charge is -2.15. The van der Waals surface area contributed by atoms with Gasteiger partial charge in [0.05, 0.1) is 0 Å². The Bertz CT molecular complexity index is 490. The average molecular weight is 247 g/mol. The molecule has 0 spiro atoms. The molecule has 1 amide bonds. The second kappa shape index (κ2) is 5.35. The third-order valence-electron chi connectivity index (χ3n) is 2.42. The normalized spacial score (nSPS) is 13.9. The molecule has 0 fully saturated rings. The molecular weight excluding hydrogens is 234 g/mol. The molecule has 2 rings (SSSR count). The average Bonchev–Trinajstić information content (AvgIpc) is 2.40. The Morgan fingerprint density at radius 1 is 1.17 bits per heavy atom. The summed E-state index contributed by atoms with van der Waals surface area (Å²) in [6.45, 7) is 2.30. The Kier molecular flexibility index (Phi) is 3.62. The zero-order chi connectivity index (χ0) is 13.0. The fourth-order valence-corrected chi connectivity index (χ4v) is 1.47. The van der Waals surface area contributed by atoms with Gasteiger partial charge in [-0.2, -0.15) is 0 Å². The molecule has 18 heavy (non-hydrogen) atoms. The van der Waals surface area contributed by atoms with Gasteiger partial charge in [0.25, 0.3) is 5.91 Å². The number of Topliss-reactive ketones (excluding diaryl/α,β-unsaturated/α-hetero) is 1. The van der Waals surface area contributed by atoms with E-state index in [-0.39, 0.29) is 17.4 Å². The van der Waals surface area contributed by atoms with E-state index >= 15 is 0 Å². The van der Waals surface area contributed by atoms with E-state index in [1.54, 1.807) is 24.3 Å². The lowest BCUT2D eigenvalue weighted by molar-refractivity contribution is -0.117. The fraction of sp³-hybridized carbons (Fsp3) is 0.231.